The predicted molar refractivity (Wildman–Crippen MR) is 57.1 cm³/mol. The fraction of sp³-hybridized carbons (Fsp3) is 0.727. The molecule has 0 aromatic carbocycles. The van der Waals surface area contributed by atoms with Gasteiger partial charge in [0.05, 0.1) is 12.0 Å². The lowest BCUT2D eigenvalue weighted by Gasteiger charge is -2.22. The average molecular weight is 193 g/mol. The van der Waals surface area contributed by atoms with Gasteiger partial charge in [-0.3, -0.25) is 0 Å². The number of rotatable bonds is 3. The second-order valence-corrected chi connectivity index (χ2v) is 4.14. The molecule has 3 heteroatoms. The molecule has 0 atom stereocenters. The second kappa shape index (κ2) is 4.60. The highest BCUT2D eigenvalue weighted by Gasteiger charge is 2.14. The van der Waals surface area contributed by atoms with E-state index in [1.54, 1.807) is 0 Å². The molecule has 0 aliphatic heterocycles. The SMILES string of the molecule is NCCc1cn(C2CCCCC2)cn1. The van der Waals surface area contributed by atoms with Crippen LogP contribution in [0.25, 0.3) is 0 Å². The van der Waals surface area contributed by atoms with Gasteiger partial charge in [-0.25, -0.2) is 4.98 Å². The van der Waals surface area contributed by atoms with Crippen molar-refractivity contribution in [1.82, 2.24) is 9.55 Å². The van der Waals surface area contributed by atoms with Gasteiger partial charge in [-0.05, 0) is 19.4 Å². The van der Waals surface area contributed by atoms with Crippen molar-refractivity contribution in [2.75, 3.05) is 6.54 Å². The summed E-state index contributed by atoms with van der Waals surface area (Å²) in [5, 5.41) is 0. The highest BCUT2D eigenvalue weighted by atomic mass is 15.1. The number of hydrogen-bond donors (Lipinski definition) is 1. The molecule has 0 spiro atoms. The quantitative estimate of drug-likeness (QED) is 0.796. The van der Waals surface area contributed by atoms with E-state index in [9.17, 15) is 0 Å². The molecule has 1 saturated carbocycles. The van der Waals surface area contributed by atoms with E-state index in [0.717, 1.165) is 12.1 Å². The van der Waals surface area contributed by atoms with Crippen molar-refractivity contribution < 1.29 is 0 Å². The van der Waals surface area contributed by atoms with Crippen molar-refractivity contribution in [3.05, 3.63) is 18.2 Å². The van der Waals surface area contributed by atoms with E-state index in [-0.39, 0.29) is 0 Å². The fourth-order valence-electron chi connectivity index (χ4n) is 2.24. The van der Waals surface area contributed by atoms with Gasteiger partial charge in [0.25, 0.3) is 0 Å². The normalized spacial score (nSPS) is 18.6. The zero-order valence-electron chi connectivity index (χ0n) is 8.65. The first-order chi connectivity index (χ1) is 6.90. The summed E-state index contributed by atoms with van der Waals surface area (Å²) in [6, 6.07) is 0.697. The maximum absolute atomic E-state index is 5.50. The van der Waals surface area contributed by atoms with E-state index >= 15 is 0 Å². The van der Waals surface area contributed by atoms with Gasteiger partial charge in [0.1, 0.15) is 0 Å². The summed E-state index contributed by atoms with van der Waals surface area (Å²) in [6.07, 6.45) is 11.8. The Hall–Kier alpha value is -0.830. The van der Waals surface area contributed by atoms with E-state index in [1.807, 2.05) is 6.33 Å². The van der Waals surface area contributed by atoms with Crippen LogP contribution in [0.2, 0.25) is 0 Å². The Balaban J connectivity index is 2.00. The molecular weight excluding hydrogens is 174 g/mol. The molecule has 0 bridgehead atoms. The Kier molecular flexibility index (Phi) is 3.19. The highest BCUT2D eigenvalue weighted by molar-refractivity contribution is 4.99. The summed E-state index contributed by atoms with van der Waals surface area (Å²) in [7, 11) is 0. The smallest absolute Gasteiger partial charge is 0.0951 e. The minimum absolute atomic E-state index is 0.696. The van der Waals surface area contributed by atoms with Crippen molar-refractivity contribution in [2.24, 2.45) is 5.73 Å². The van der Waals surface area contributed by atoms with Crippen LogP contribution in [0.4, 0.5) is 0 Å². The molecule has 0 unspecified atom stereocenters. The lowest BCUT2D eigenvalue weighted by molar-refractivity contribution is 0.353. The summed E-state index contributed by atoms with van der Waals surface area (Å²) >= 11 is 0. The van der Waals surface area contributed by atoms with Gasteiger partial charge in [-0.2, -0.15) is 0 Å². The Morgan fingerprint density at radius 3 is 2.86 bits per heavy atom. The first-order valence-corrected chi connectivity index (χ1v) is 5.62. The molecule has 0 amide bonds. The maximum atomic E-state index is 5.50. The molecule has 1 aliphatic carbocycles. The molecule has 1 aliphatic rings. The van der Waals surface area contributed by atoms with Crippen LogP contribution < -0.4 is 5.73 Å². The Labute approximate surface area is 85.3 Å². The summed E-state index contributed by atoms with van der Waals surface area (Å²) in [4.78, 5) is 4.36. The van der Waals surface area contributed by atoms with Crippen molar-refractivity contribution in [1.29, 1.82) is 0 Å². The van der Waals surface area contributed by atoms with Gasteiger partial charge in [0, 0.05) is 18.7 Å². The van der Waals surface area contributed by atoms with Gasteiger partial charge >= 0.3 is 0 Å². The maximum Gasteiger partial charge on any atom is 0.0951 e. The largest absolute Gasteiger partial charge is 0.334 e. The van der Waals surface area contributed by atoms with Crippen LogP contribution in [0, 0.1) is 0 Å². The molecule has 0 radical (unpaired) electrons. The summed E-state index contributed by atoms with van der Waals surface area (Å²) < 4.78 is 2.28. The number of nitrogens with two attached hydrogens (primary N) is 1. The van der Waals surface area contributed by atoms with Crippen molar-refractivity contribution in [3.63, 3.8) is 0 Å². The van der Waals surface area contributed by atoms with E-state index in [4.69, 9.17) is 5.73 Å². The van der Waals surface area contributed by atoms with E-state index in [1.165, 1.54) is 32.1 Å². The topological polar surface area (TPSA) is 43.8 Å². The minimum atomic E-state index is 0.696. The van der Waals surface area contributed by atoms with E-state index < -0.39 is 0 Å². The zero-order valence-corrected chi connectivity index (χ0v) is 8.65. The van der Waals surface area contributed by atoms with E-state index in [2.05, 4.69) is 15.7 Å². The zero-order chi connectivity index (χ0) is 9.80. The Morgan fingerprint density at radius 1 is 1.36 bits per heavy atom. The van der Waals surface area contributed by atoms with Crippen LogP contribution >= 0.6 is 0 Å². The fourth-order valence-corrected chi connectivity index (χ4v) is 2.24. The number of nitrogens with zero attached hydrogens (tertiary/aromatic N) is 2. The van der Waals surface area contributed by atoms with Crippen molar-refractivity contribution in [3.8, 4) is 0 Å². The molecule has 2 N–H and O–H groups in total. The van der Waals surface area contributed by atoms with Crippen molar-refractivity contribution in [2.45, 2.75) is 44.6 Å². The third-order valence-electron chi connectivity index (χ3n) is 3.05. The molecule has 1 aromatic rings. The second-order valence-electron chi connectivity index (χ2n) is 4.14. The monoisotopic (exact) mass is 193 g/mol. The molecule has 1 aromatic heterocycles. The predicted octanol–water partition coefficient (Wildman–Crippen LogP) is 1.89. The van der Waals surface area contributed by atoms with Crippen molar-refractivity contribution >= 4 is 0 Å². The Bertz CT molecular complexity index is 274. The van der Waals surface area contributed by atoms with Gasteiger partial charge in [-0.1, -0.05) is 19.3 Å². The lowest BCUT2D eigenvalue weighted by atomic mass is 9.95. The summed E-state index contributed by atoms with van der Waals surface area (Å²) in [5.41, 5.74) is 6.64. The number of aromatic nitrogens is 2. The molecule has 1 heterocycles. The molecule has 1 fully saturated rings. The van der Waals surface area contributed by atoms with Crippen LogP contribution in [-0.4, -0.2) is 16.1 Å². The van der Waals surface area contributed by atoms with Crippen LogP contribution in [-0.2, 0) is 6.42 Å². The first-order valence-electron chi connectivity index (χ1n) is 5.62. The minimum Gasteiger partial charge on any atom is -0.334 e. The van der Waals surface area contributed by atoms with Gasteiger partial charge in [-0.15, -0.1) is 0 Å². The standard InChI is InChI=1S/C11H19N3/c12-7-6-10-8-14(9-13-10)11-4-2-1-3-5-11/h8-9,11H,1-7,12H2. The molecule has 14 heavy (non-hydrogen) atoms. The third kappa shape index (κ3) is 2.15. The van der Waals surface area contributed by atoms with Crippen LogP contribution in [0.3, 0.4) is 0 Å². The van der Waals surface area contributed by atoms with Crippen LogP contribution in [0.5, 0.6) is 0 Å². The highest BCUT2D eigenvalue weighted by Crippen LogP contribution is 2.27. The molecule has 0 saturated heterocycles. The summed E-state index contributed by atoms with van der Waals surface area (Å²) in [6.45, 7) is 0.696. The molecule has 2 rings (SSSR count). The Morgan fingerprint density at radius 2 is 2.14 bits per heavy atom. The van der Waals surface area contributed by atoms with E-state index in [0.29, 0.717) is 12.6 Å². The average Bonchev–Trinajstić information content (AvgIpc) is 2.68. The lowest BCUT2D eigenvalue weighted by Crippen LogP contribution is -2.11. The number of hydrogen-bond acceptors (Lipinski definition) is 2. The van der Waals surface area contributed by atoms with Crippen LogP contribution in [0.15, 0.2) is 12.5 Å². The molecule has 78 valence electrons. The third-order valence-corrected chi connectivity index (χ3v) is 3.05. The number of imidazole rings is 1. The van der Waals surface area contributed by atoms with Gasteiger partial charge in [0.15, 0.2) is 0 Å². The molecule has 3 nitrogen and oxygen atoms in total. The molecular formula is C11H19N3. The van der Waals surface area contributed by atoms with Crippen LogP contribution in [0.1, 0.15) is 43.8 Å². The van der Waals surface area contributed by atoms with Gasteiger partial charge in [0.2, 0.25) is 0 Å². The first kappa shape index (κ1) is 9.71. The van der Waals surface area contributed by atoms with Gasteiger partial charge < -0.3 is 10.3 Å². The summed E-state index contributed by atoms with van der Waals surface area (Å²) in [5.74, 6) is 0.